The number of carbonyl (C=O) groups excluding carboxylic acids is 1. The molecule has 0 atom stereocenters. The number of nitrogens with zero attached hydrogens (tertiary/aromatic N) is 2. The summed E-state index contributed by atoms with van der Waals surface area (Å²) >= 11 is 6.02. The molecule has 0 aliphatic heterocycles. The summed E-state index contributed by atoms with van der Waals surface area (Å²) in [5.41, 5.74) is 2.06. The highest BCUT2D eigenvalue weighted by Crippen LogP contribution is 2.20. The fourth-order valence-corrected chi connectivity index (χ4v) is 2.71. The van der Waals surface area contributed by atoms with Gasteiger partial charge in [-0.25, -0.2) is 4.39 Å². The molecule has 1 aromatic heterocycles. The molecule has 4 nitrogen and oxygen atoms in total. The van der Waals surface area contributed by atoms with Gasteiger partial charge < -0.3 is 5.32 Å². The molecule has 0 unspecified atom stereocenters. The smallest absolute Gasteiger partial charge is 0.224 e. The molecule has 1 heterocycles. The zero-order valence-corrected chi connectivity index (χ0v) is 14.2. The van der Waals surface area contributed by atoms with E-state index in [1.54, 1.807) is 18.3 Å². The first-order valence-corrected chi connectivity index (χ1v) is 8.29. The van der Waals surface area contributed by atoms with Crippen molar-refractivity contribution in [2.45, 2.75) is 19.4 Å². The minimum absolute atomic E-state index is 0.0904. The number of carbonyl (C=O) groups is 1. The first-order chi connectivity index (χ1) is 12.1. The molecule has 0 spiro atoms. The summed E-state index contributed by atoms with van der Waals surface area (Å²) in [6, 6.07) is 14.4. The van der Waals surface area contributed by atoms with E-state index in [0.717, 1.165) is 5.56 Å². The van der Waals surface area contributed by atoms with Crippen molar-refractivity contribution in [3.05, 3.63) is 82.9 Å². The number of hydrogen-bond acceptors (Lipinski definition) is 2. The maximum atomic E-state index is 13.8. The SMILES string of the molecule is O=C(CCc1ccccc1)Nc1cnn(Cc2c(F)cccc2Cl)c1. The molecule has 0 saturated carbocycles. The summed E-state index contributed by atoms with van der Waals surface area (Å²) in [5.74, 6) is -0.469. The Balaban J connectivity index is 1.57. The van der Waals surface area contributed by atoms with Gasteiger partial charge >= 0.3 is 0 Å². The topological polar surface area (TPSA) is 46.9 Å². The van der Waals surface area contributed by atoms with Gasteiger partial charge in [-0.3, -0.25) is 9.48 Å². The van der Waals surface area contributed by atoms with Crippen molar-refractivity contribution in [2.24, 2.45) is 0 Å². The Morgan fingerprint density at radius 2 is 1.96 bits per heavy atom. The third-order valence-corrected chi connectivity index (χ3v) is 4.14. The van der Waals surface area contributed by atoms with Crippen LogP contribution in [0.3, 0.4) is 0 Å². The number of aromatic nitrogens is 2. The van der Waals surface area contributed by atoms with Gasteiger partial charge in [0.25, 0.3) is 0 Å². The van der Waals surface area contributed by atoms with Crippen molar-refractivity contribution in [3.8, 4) is 0 Å². The Kier molecular flexibility index (Phi) is 5.46. The van der Waals surface area contributed by atoms with Gasteiger partial charge in [0.2, 0.25) is 5.91 Å². The zero-order chi connectivity index (χ0) is 17.6. The number of aryl methyl sites for hydroxylation is 1. The molecule has 1 N–H and O–H groups in total. The van der Waals surface area contributed by atoms with Crippen molar-refractivity contribution < 1.29 is 9.18 Å². The highest BCUT2D eigenvalue weighted by atomic mass is 35.5. The predicted octanol–water partition coefficient (Wildman–Crippen LogP) is 4.30. The maximum absolute atomic E-state index is 13.8. The molecule has 6 heteroatoms. The first kappa shape index (κ1) is 17.2. The van der Waals surface area contributed by atoms with Crippen molar-refractivity contribution in [1.29, 1.82) is 0 Å². The summed E-state index contributed by atoms with van der Waals surface area (Å²) in [6.07, 6.45) is 4.25. The molecule has 0 radical (unpaired) electrons. The molecule has 0 fully saturated rings. The van der Waals surface area contributed by atoms with E-state index >= 15 is 0 Å². The van der Waals surface area contributed by atoms with Crippen LogP contribution in [0.15, 0.2) is 60.9 Å². The molecule has 3 aromatic rings. The number of nitrogens with one attached hydrogen (secondary N) is 1. The minimum Gasteiger partial charge on any atom is -0.323 e. The van der Waals surface area contributed by atoms with Crippen LogP contribution in [0, 0.1) is 5.82 Å². The average molecular weight is 358 g/mol. The lowest BCUT2D eigenvalue weighted by Gasteiger charge is -2.06. The Hall–Kier alpha value is -2.66. The summed E-state index contributed by atoms with van der Waals surface area (Å²) in [6.45, 7) is 0.200. The third-order valence-electron chi connectivity index (χ3n) is 3.78. The van der Waals surface area contributed by atoms with Crippen LogP contribution in [0.2, 0.25) is 5.02 Å². The van der Waals surface area contributed by atoms with Crippen LogP contribution in [-0.4, -0.2) is 15.7 Å². The van der Waals surface area contributed by atoms with E-state index in [1.165, 1.54) is 16.9 Å². The van der Waals surface area contributed by atoms with E-state index in [2.05, 4.69) is 10.4 Å². The number of rotatable bonds is 6. The Morgan fingerprint density at radius 3 is 2.72 bits per heavy atom. The van der Waals surface area contributed by atoms with Crippen molar-refractivity contribution in [1.82, 2.24) is 9.78 Å². The van der Waals surface area contributed by atoms with E-state index in [4.69, 9.17) is 11.6 Å². The Morgan fingerprint density at radius 1 is 1.16 bits per heavy atom. The van der Waals surface area contributed by atoms with Crippen LogP contribution in [0.4, 0.5) is 10.1 Å². The number of halogens is 2. The highest BCUT2D eigenvalue weighted by molar-refractivity contribution is 6.31. The fraction of sp³-hybridized carbons (Fsp3) is 0.158. The number of amides is 1. The van der Waals surface area contributed by atoms with Gasteiger partial charge in [0, 0.05) is 23.2 Å². The molecule has 3 rings (SSSR count). The van der Waals surface area contributed by atoms with E-state index < -0.39 is 0 Å². The van der Waals surface area contributed by atoms with Crippen molar-refractivity contribution >= 4 is 23.2 Å². The van der Waals surface area contributed by atoms with Gasteiger partial charge in [0.05, 0.1) is 18.4 Å². The van der Waals surface area contributed by atoms with E-state index in [1.807, 2.05) is 30.3 Å². The Bertz CT molecular complexity index is 844. The molecule has 0 aliphatic carbocycles. The zero-order valence-electron chi connectivity index (χ0n) is 13.5. The molecular formula is C19H17ClFN3O. The lowest BCUT2D eigenvalue weighted by atomic mass is 10.1. The van der Waals surface area contributed by atoms with Crippen molar-refractivity contribution in [3.63, 3.8) is 0 Å². The summed E-state index contributed by atoms with van der Waals surface area (Å²) in [5, 5.41) is 7.29. The molecule has 0 bridgehead atoms. The summed E-state index contributed by atoms with van der Waals surface area (Å²) < 4.78 is 15.4. The number of anilines is 1. The van der Waals surface area contributed by atoms with Crippen molar-refractivity contribution in [2.75, 3.05) is 5.32 Å². The lowest BCUT2D eigenvalue weighted by Crippen LogP contribution is -2.12. The minimum atomic E-state index is -0.378. The fourth-order valence-electron chi connectivity index (χ4n) is 2.49. The summed E-state index contributed by atoms with van der Waals surface area (Å²) in [4.78, 5) is 12.0. The van der Waals surface area contributed by atoms with E-state index in [0.29, 0.717) is 29.1 Å². The molecular weight excluding hydrogens is 341 g/mol. The van der Waals surface area contributed by atoms with Gasteiger partial charge in [-0.2, -0.15) is 5.10 Å². The molecule has 128 valence electrons. The highest BCUT2D eigenvalue weighted by Gasteiger charge is 2.10. The van der Waals surface area contributed by atoms with Crippen LogP contribution in [0.1, 0.15) is 17.5 Å². The van der Waals surface area contributed by atoms with Crippen LogP contribution in [0.5, 0.6) is 0 Å². The van der Waals surface area contributed by atoms with Crippen LogP contribution in [-0.2, 0) is 17.8 Å². The molecule has 0 aliphatic rings. The van der Waals surface area contributed by atoms with E-state index in [9.17, 15) is 9.18 Å². The largest absolute Gasteiger partial charge is 0.323 e. The second-order valence-corrected chi connectivity index (χ2v) is 6.07. The van der Waals surface area contributed by atoms with Gasteiger partial charge in [-0.05, 0) is 24.1 Å². The quantitative estimate of drug-likeness (QED) is 0.715. The van der Waals surface area contributed by atoms with Crippen LogP contribution < -0.4 is 5.32 Å². The van der Waals surface area contributed by atoms with Crippen LogP contribution in [0.25, 0.3) is 0 Å². The molecule has 2 aromatic carbocycles. The van der Waals surface area contributed by atoms with E-state index in [-0.39, 0.29) is 18.3 Å². The van der Waals surface area contributed by atoms with Crippen LogP contribution >= 0.6 is 11.6 Å². The van der Waals surface area contributed by atoms with Gasteiger partial charge in [0.15, 0.2) is 0 Å². The third kappa shape index (κ3) is 4.67. The number of benzene rings is 2. The van der Waals surface area contributed by atoms with Gasteiger partial charge in [0.1, 0.15) is 5.82 Å². The first-order valence-electron chi connectivity index (χ1n) is 7.91. The normalized spacial score (nSPS) is 10.6. The monoisotopic (exact) mass is 357 g/mol. The number of hydrogen-bond donors (Lipinski definition) is 1. The second-order valence-electron chi connectivity index (χ2n) is 5.66. The molecule has 0 saturated heterocycles. The molecule has 25 heavy (non-hydrogen) atoms. The molecule has 1 amide bonds. The lowest BCUT2D eigenvalue weighted by molar-refractivity contribution is -0.116. The van der Waals surface area contributed by atoms with Gasteiger partial charge in [-0.1, -0.05) is 48.0 Å². The Labute approximate surface area is 150 Å². The second kappa shape index (κ2) is 7.94. The average Bonchev–Trinajstić information content (AvgIpc) is 3.04. The van der Waals surface area contributed by atoms with Gasteiger partial charge in [-0.15, -0.1) is 0 Å². The summed E-state index contributed by atoms with van der Waals surface area (Å²) in [7, 11) is 0. The standard InChI is InChI=1S/C19H17ClFN3O/c20-17-7-4-8-18(21)16(17)13-24-12-15(11-22-24)23-19(25)10-9-14-5-2-1-3-6-14/h1-8,11-12H,9-10,13H2,(H,23,25). The predicted molar refractivity (Wildman–Crippen MR) is 96.1 cm³/mol. The maximum Gasteiger partial charge on any atom is 0.224 e.